The Labute approximate surface area is 122 Å². The molecule has 1 aliphatic rings. The van der Waals surface area contributed by atoms with Crippen LogP contribution in [0.2, 0.25) is 0 Å². The predicted octanol–water partition coefficient (Wildman–Crippen LogP) is 1.71. The molecule has 0 saturated carbocycles. The van der Waals surface area contributed by atoms with E-state index in [4.69, 9.17) is 4.74 Å². The second-order valence-electron chi connectivity index (χ2n) is 6.12. The van der Waals surface area contributed by atoms with Gasteiger partial charge in [-0.2, -0.15) is 0 Å². The number of hydrogen-bond acceptors (Lipinski definition) is 3. The first-order valence-corrected chi connectivity index (χ1v) is 7.52. The standard InChI is InChI=1S/C15H28N2O3/c1-6-8-10-20-11-9-17-13(19)15(5,7-2)16-12(18)14(17,3)4/h6-11H2,1-5H3,(H,16,18). The first-order valence-electron chi connectivity index (χ1n) is 7.52. The summed E-state index contributed by atoms with van der Waals surface area (Å²) < 4.78 is 5.53. The summed E-state index contributed by atoms with van der Waals surface area (Å²) in [7, 11) is 0. The lowest BCUT2D eigenvalue weighted by Crippen LogP contribution is -2.73. The van der Waals surface area contributed by atoms with Crippen LogP contribution in [0, 0.1) is 0 Å². The Hall–Kier alpha value is -1.10. The van der Waals surface area contributed by atoms with Crippen LogP contribution in [0.4, 0.5) is 0 Å². The molecule has 116 valence electrons. The maximum atomic E-state index is 12.6. The van der Waals surface area contributed by atoms with Crippen LogP contribution < -0.4 is 5.32 Å². The van der Waals surface area contributed by atoms with Crippen LogP contribution in [0.5, 0.6) is 0 Å². The Bertz CT molecular complexity index is 368. The van der Waals surface area contributed by atoms with Gasteiger partial charge in [-0.15, -0.1) is 0 Å². The molecule has 0 bridgehead atoms. The third-order valence-corrected chi connectivity index (χ3v) is 4.15. The number of carbonyl (C=O) groups is 2. The van der Waals surface area contributed by atoms with E-state index < -0.39 is 11.1 Å². The monoisotopic (exact) mass is 284 g/mol. The second-order valence-corrected chi connectivity index (χ2v) is 6.12. The summed E-state index contributed by atoms with van der Waals surface area (Å²) in [6.45, 7) is 11.0. The number of hydrogen-bond donors (Lipinski definition) is 1. The van der Waals surface area contributed by atoms with Gasteiger partial charge in [0.05, 0.1) is 6.61 Å². The van der Waals surface area contributed by atoms with Gasteiger partial charge in [0, 0.05) is 13.2 Å². The molecule has 2 amide bonds. The van der Waals surface area contributed by atoms with E-state index >= 15 is 0 Å². The van der Waals surface area contributed by atoms with Crippen molar-refractivity contribution in [3.63, 3.8) is 0 Å². The third kappa shape index (κ3) is 3.32. The minimum Gasteiger partial charge on any atom is -0.380 e. The van der Waals surface area contributed by atoms with Crippen LogP contribution in [0.15, 0.2) is 0 Å². The van der Waals surface area contributed by atoms with E-state index in [0.717, 1.165) is 12.8 Å². The van der Waals surface area contributed by atoms with Crippen molar-refractivity contribution in [1.82, 2.24) is 10.2 Å². The SMILES string of the molecule is CCCCOCCN1C(=O)C(C)(CC)NC(=O)C1(C)C. The lowest BCUT2D eigenvalue weighted by Gasteiger charge is -2.48. The van der Waals surface area contributed by atoms with E-state index in [2.05, 4.69) is 12.2 Å². The fourth-order valence-electron chi connectivity index (χ4n) is 2.26. The average Bonchev–Trinajstić information content (AvgIpc) is 2.40. The number of nitrogens with zero attached hydrogens (tertiary/aromatic N) is 1. The molecule has 1 fully saturated rings. The Balaban J connectivity index is 2.72. The smallest absolute Gasteiger partial charge is 0.248 e. The first kappa shape index (κ1) is 17.0. The molecule has 1 aliphatic heterocycles. The van der Waals surface area contributed by atoms with Gasteiger partial charge >= 0.3 is 0 Å². The summed E-state index contributed by atoms with van der Waals surface area (Å²) in [6.07, 6.45) is 2.69. The molecule has 0 spiro atoms. The van der Waals surface area contributed by atoms with Crippen molar-refractivity contribution in [3.8, 4) is 0 Å². The topological polar surface area (TPSA) is 58.6 Å². The summed E-state index contributed by atoms with van der Waals surface area (Å²) in [5.74, 6) is -0.126. The van der Waals surface area contributed by atoms with Gasteiger partial charge < -0.3 is 15.0 Å². The van der Waals surface area contributed by atoms with E-state index in [1.807, 2.05) is 6.92 Å². The first-order chi connectivity index (χ1) is 9.29. The number of amides is 2. The van der Waals surface area contributed by atoms with Gasteiger partial charge in [0.25, 0.3) is 0 Å². The normalized spacial score (nSPS) is 25.8. The van der Waals surface area contributed by atoms with E-state index in [-0.39, 0.29) is 11.8 Å². The lowest BCUT2D eigenvalue weighted by molar-refractivity contribution is -0.161. The van der Waals surface area contributed by atoms with Gasteiger partial charge in [-0.3, -0.25) is 9.59 Å². The highest BCUT2D eigenvalue weighted by Crippen LogP contribution is 2.27. The van der Waals surface area contributed by atoms with Crippen molar-refractivity contribution < 1.29 is 14.3 Å². The molecule has 0 aromatic carbocycles. The van der Waals surface area contributed by atoms with Gasteiger partial charge in [0.2, 0.25) is 11.8 Å². The van der Waals surface area contributed by atoms with Crippen LogP contribution in [0.25, 0.3) is 0 Å². The molecular weight excluding hydrogens is 256 g/mol. The average molecular weight is 284 g/mol. The van der Waals surface area contributed by atoms with Crippen LogP contribution in [0.3, 0.4) is 0 Å². The number of nitrogens with one attached hydrogen (secondary N) is 1. The Kier molecular flexibility index (Phi) is 5.57. The van der Waals surface area contributed by atoms with Crippen LogP contribution in [-0.4, -0.2) is 47.6 Å². The molecule has 20 heavy (non-hydrogen) atoms. The van der Waals surface area contributed by atoms with Crippen molar-refractivity contribution >= 4 is 11.8 Å². The summed E-state index contributed by atoms with van der Waals surface area (Å²) >= 11 is 0. The highest BCUT2D eigenvalue weighted by molar-refractivity contribution is 6.01. The Morgan fingerprint density at radius 1 is 1.15 bits per heavy atom. The minimum atomic E-state index is -0.820. The van der Waals surface area contributed by atoms with Crippen molar-refractivity contribution in [3.05, 3.63) is 0 Å². The zero-order valence-electron chi connectivity index (χ0n) is 13.4. The van der Waals surface area contributed by atoms with Gasteiger partial charge in [0.1, 0.15) is 11.1 Å². The zero-order valence-corrected chi connectivity index (χ0v) is 13.4. The zero-order chi connectivity index (χ0) is 15.4. The molecule has 1 unspecified atom stereocenters. The molecule has 5 heteroatoms. The van der Waals surface area contributed by atoms with Crippen molar-refractivity contribution in [2.45, 2.75) is 65.0 Å². The molecule has 1 saturated heterocycles. The fraction of sp³-hybridized carbons (Fsp3) is 0.867. The van der Waals surface area contributed by atoms with Crippen LogP contribution >= 0.6 is 0 Å². The van der Waals surface area contributed by atoms with Gasteiger partial charge in [0.15, 0.2) is 0 Å². The van der Waals surface area contributed by atoms with Crippen molar-refractivity contribution in [1.29, 1.82) is 0 Å². The van der Waals surface area contributed by atoms with E-state index in [0.29, 0.717) is 26.2 Å². The molecule has 0 radical (unpaired) electrons. The van der Waals surface area contributed by atoms with E-state index in [9.17, 15) is 9.59 Å². The molecule has 1 atom stereocenters. The molecule has 5 nitrogen and oxygen atoms in total. The minimum absolute atomic E-state index is 0.0244. The maximum absolute atomic E-state index is 12.6. The number of piperazine rings is 1. The molecule has 0 aromatic heterocycles. The summed E-state index contributed by atoms with van der Waals surface area (Å²) in [6, 6.07) is 0. The number of unbranched alkanes of at least 4 members (excludes halogenated alkanes) is 1. The molecular formula is C15H28N2O3. The predicted molar refractivity (Wildman–Crippen MR) is 78.4 cm³/mol. The van der Waals surface area contributed by atoms with E-state index in [1.54, 1.807) is 25.7 Å². The van der Waals surface area contributed by atoms with Gasteiger partial charge in [-0.1, -0.05) is 20.3 Å². The largest absolute Gasteiger partial charge is 0.380 e. The molecule has 1 heterocycles. The molecule has 0 aliphatic carbocycles. The number of ether oxygens (including phenoxy) is 1. The maximum Gasteiger partial charge on any atom is 0.248 e. The summed E-state index contributed by atoms with van der Waals surface area (Å²) in [4.78, 5) is 26.5. The van der Waals surface area contributed by atoms with E-state index in [1.165, 1.54) is 0 Å². The van der Waals surface area contributed by atoms with Crippen LogP contribution in [0.1, 0.15) is 53.9 Å². The molecule has 0 aromatic rings. The Morgan fingerprint density at radius 3 is 2.35 bits per heavy atom. The summed E-state index contributed by atoms with van der Waals surface area (Å²) in [5, 5.41) is 2.85. The highest BCUT2D eigenvalue weighted by Gasteiger charge is 2.51. The fourth-order valence-corrected chi connectivity index (χ4v) is 2.26. The molecule has 1 N–H and O–H groups in total. The Morgan fingerprint density at radius 2 is 1.80 bits per heavy atom. The lowest BCUT2D eigenvalue weighted by atomic mass is 9.87. The van der Waals surface area contributed by atoms with Crippen molar-refractivity contribution in [2.24, 2.45) is 0 Å². The van der Waals surface area contributed by atoms with Gasteiger partial charge in [-0.05, 0) is 33.6 Å². The van der Waals surface area contributed by atoms with Gasteiger partial charge in [-0.25, -0.2) is 0 Å². The number of carbonyl (C=O) groups excluding carboxylic acids is 2. The van der Waals surface area contributed by atoms with Crippen LogP contribution in [-0.2, 0) is 14.3 Å². The second kappa shape index (κ2) is 6.57. The third-order valence-electron chi connectivity index (χ3n) is 4.15. The molecule has 1 rings (SSSR count). The highest BCUT2D eigenvalue weighted by atomic mass is 16.5. The summed E-state index contributed by atoms with van der Waals surface area (Å²) in [5.41, 5.74) is -1.62. The number of rotatable bonds is 7. The van der Waals surface area contributed by atoms with Crippen molar-refractivity contribution in [2.75, 3.05) is 19.8 Å². The quantitative estimate of drug-likeness (QED) is 0.724.